The van der Waals surface area contributed by atoms with E-state index in [-0.39, 0.29) is 5.41 Å². The van der Waals surface area contributed by atoms with Gasteiger partial charge in [-0.1, -0.05) is 15.9 Å². The molecule has 0 atom stereocenters. The summed E-state index contributed by atoms with van der Waals surface area (Å²) in [5.74, 6) is 0.835. The van der Waals surface area contributed by atoms with Crippen molar-refractivity contribution in [2.75, 3.05) is 7.11 Å². The van der Waals surface area contributed by atoms with Crippen LogP contribution in [-0.2, 0) is 6.42 Å². The molecule has 0 bridgehead atoms. The molecule has 3 heteroatoms. The molecule has 0 aliphatic carbocycles. The van der Waals surface area contributed by atoms with Crippen molar-refractivity contribution >= 4 is 15.9 Å². The van der Waals surface area contributed by atoms with Gasteiger partial charge in [-0.15, -0.1) is 0 Å². The Balaban J connectivity index is 3.03. The van der Waals surface area contributed by atoms with E-state index >= 15 is 0 Å². The molecule has 0 aliphatic rings. The average molecular weight is 268 g/mol. The van der Waals surface area contributed by atoms with Crippen molar-refractivity contribution in [1.82, 2.24) is 0 Å². The zero-order valence-electron chi connectivity index (χ0n) is 9.17. The Morgan fingerprint density at radius 3 is 2.67 bits per heavy atom. The van der Waals surface area contributed by atoms with Gasteiger partial charge in [-0.25, -0.2) is 0 Å². The monoisotopic (exact) mass is 267 g/mol. The Morgan fingerprint density at radius 1 is 1.47 bits per heavy atom. The van der Waals surface area contributed by atoms with E-state index in [0.29, 0.717) is 6.42 Å². The number of rotatable bonds is 3. The van der Waals surface area contributed by atoms with E-state index in [4.69, 9.17) is 10.00 Å². The molecule has 0 radical (unpaired) electrons. The Bertz CT molecular complexity index is 393. The van der Waals surface area contributed by atoms with Crippen molar-refractivity contribution in [3.63, 3.8) is 0 Å². The van der Waals surface area contributed by atoms with Crippen LogP contribution in [0.3, 0.4) is 0 Å². The van der Waals surface area contributed by atoms with E-state index in [9.17, 15) is 0 Å². The third kappa shape index (κ3) is 3.24. The molecule has 0 heterocycles. The fourth-order valence-corrected chi connectivity index (χ4v) is 1.81. The van der Waals surface area contributed by atoms with Crippen LogP contribution in [0.25, 0.3) is 0 Å². The van der Waals surface area contributed by atoms with Crippen molar-refractivity contribution in [1.29, 1.82) is 5.26 Å². The van der Waals surface area contributed by atoms with Crippen molar-refractivity contribution in [2.45, 2.75) is 20.3 Å². The minimum atomic E-state index is -0.367. The summed E-state index contributed by atoms with van der Waals surface area (Å²) in [5.41, 5.74) is 0.687. The molecule has 0 aliphatic heterocycles. The van der Waals surface area contributed by atoms with Crippen LogP contribution in [0.15, 0.2) is 22.7 Å². The van der Waals surface area contributed by atoms with Gasteiger partial charge in [-0.2, -0.15) is 5.26 Å². The second-order valence-corrected chi connectivity index (χ2v) is 5.04. The second kappa shape index (κ2) is 4.67. The maximum atomic E-state index is 8.99. The Hall–Kier alpha value is -1.01. The standard InChI is InChI=1S/C12H14BrNO/c1-12(2,8-14)7-9-6-10(13)4-5-11(9)15-3/h4-6H,7H2,1-3H3. The fraction of sp³-hybridized carbons (Fsp3) is 0.417. The maximum Gasteiger partial charge on any atom is 0.122 e. The van der Waals surface area contributed by atoms with Gasteiger partial charge in [-0.3, -0.25) is 0 Å². The van der Waals surface area contributed by atoms with Crippen molar-refractivity contribution in [3.8, 4) is 11.8 Å². The van der Waals surface area contributed by atoms with Crippen LogP contribution in [0, 0.1) is 16.7 Å². The lowest BCUT2D eigenvalue weighted by molar-refractivity contribution is 0.399. The molecule has 0 unspecified atom stereocenters. The van der Waals surface area contributed by atoms with Gasteiger partial charge in [0.2, 0.25) is 0 Å². The molecule has 0 saturated heterocycles. The van der Waals surface area contributed by atoms with E-state index in [1.807, 2.05) is 32.0 Å². The van der Waals surface area contributed by atoms with Gasteiger partial charge in [0, 0.05) is 4.47 Å². The molecule has 15 heavy (non-hydrogen) atoms. The quantitative estimate of drug-likeness (QED) is 0.839. The summed E-state index contributed by atoms with van der Waals surface area (Å²) in [6, 6.07) is 8.13. The van der Waals surface area contributed by atoms with Crippen molar-refractivity contribution in [3.05, 3.63) is 28.2 Å². The number of ether oxygens (including phenoxy) is 1. The molecule has 0 N–H and O–H groups in total. The van der Waals surface area contributed by atoms with Gasteiger partial charge in [0.15, 0.2) is 0 Å². The van der Waals surface area contributed by atoms with E-state index in [1.165, 1.54) is 0 Å². The van der Waals surface area contributed by atoms with Gasteiger partial charge in [-0.05, 0) is 44.0 Å². The topological polar surface area (TPSA) is 33.0 Å². The lowest BCUT2D eigenvalue weighted by Crippen LogP contribution is -2.12. The van der Waals surface area contributed by atoms with Crippen LogP contribution in [0.4, 0.5) is 0 Å². The first-order valence-electron chi connectivity index (χ1n) is 4.72. The fourth-order valence-electron chi connectivity index (χ4n) is 1.40. The van der Waals surface area contributed by atoms with E-state index in [1.54, 1.807) is 7.11 Å². The van der Waals surface area contributed by atoms with Crippen LogP contribution >= 0.6 is 15.9 Å². The van der Waals surface area contributed by atoms with Crippen LogP contribution in [0.2, 0.25) is 0 Å². The van der Waals surface area contributed by atoms with Gasteiger partial charge in [0.05, 0.1) is 18.6 Å². The number of hydrogen-bond donors (Lipinski definition) is 0. The molecule has 1 aromatic carbocycles. The lowest BCUT2D eigenvalue weighted by atomic mass is 9.87. The minimum absolute atomic E-state index is 0.367. The molecule has 0 amide bonds. The smallest absolute Gasteiger partial charge is 0.122 e. The second-order valence-electron chi connectivity index (χ2n) is 4.13. The summed E-state index contributed by atoms with van der Waals surface area (Å²) < 4.78 is 6.27. The van der Waals surface area contributed by atoms with Gasteiger partial charge < -0.3 is 4.74 Å². The molecule has 0 aromatic heterocycles. The summed E-state index contributed by atoms with van der Waals surface area (Å²) >= 11 is 3.42. The predicted molar refractivity (Wildman–Crippen MR) is 63.8 cm³/mol. The van der Waals surface area contributed by atoms with Crippen LogP contribution in [0.5, 0.6) is 5.75 Å². The van der Waals surface area contributed by atoms with Crippen LogP contribution in [-0.4, -0.2) is 7.11 Å². The lowest BCUT2D eigenvalue weighted by Gasteiger charge is -2.17. The number of halogens is 1. The zero-order chi connectivity index (χ0) is 11.5. The Morgan fingerprint density at radius 2 is 2.13 bits per heavy atom. The number of hydrogen-bond acceptors (Lipinski definition) is 2. The highest BCUT2D eigenvalue weighted by Gasteiger charge is 2.19. The summed E-state index contributed by atoms with van der Waals surface area (Å²) in [6.45, 7) is 3.85. The number of nitriles is 1. The maximum absolute atomic E-state index is 8.99. The Labute approximate surface area is 99.0 Å². The number of nitrogens with zero attached hydrogens (tertiary/aromatic N) is 1. The highest BCUT2D eigenvalue weighted by molar-refractivity contribution is 9.10. The highest BCUT2D eigenvalue weighted by Crippen LogP contribution is 2.29. The third-order valence-electron chi connectivity index (χ3n) is 2.18. The number of methoxy groups -OCH3 is 1. The zero-order valence-corrected chi connectivity index (χ0v) is 10.8. The number of benzene rings is 1. The molecule has 0 fully saturated rings. The van der Waals surface area contributed by atoms with Crippen molar-refractivity contribution < 1.29 is 4.74 Å². The molecular weight excluding hydrogens is 254 g/mol. The molecule has 0 saturated carbocycles. The molecular formula is C12H14BrNO. The first-order valence-corrected chi connectivity index (χ1v) is 5.51. The van der Waals surface area contributed by atoms with E-state index in [2.05, 4.69) is 22.0 Å². The summed E-state index contributed by atoms with van der Waals surface area (Å²) in [7, 11) is 1.64. The normalized spacial score (nSPS) is 10.9. The predicted octanol–water partition coefficient (Wildman–Crippen LogP) is 3.55. The molecule has 1 rings (SSSR count). The summed E-state index contributed by atoms with van der Waals surface area (Å²) in [5, 5.41) is 8.99. The molecule has 2 nitrogen and oxygen atoms in total. The third-order valence-corrected chi connectivity index (χ3v) is 2.67. The Kier molecular flexibility index (Phi) is 3.76. The van der Waals surface area contributed by atoms with Crippen LogP contribution in [0.1, 0.15) is 19.4 Å². The largest absolute Gasteiger partial charge is 0.496 e. The first kappa shape index (κ1) is 12.1. The van der Waals surface area contributed by atoms with Crippen molar-refractivity contribution in [2.24, 2.45) is 5.41 Å². The van der Waals surface area contributed by atoms with Gasteiger partial charge in [0.1, 0.15) is 5.75 Å². The van der Waals surface area contributed by atoms with Crippen LogP contribution < -0.4 is 4.74 Å². The summed E-state index contributed by atoms with van der Waals surface area (Å²) in [4.78, 5) is 0. The average Bonchev–Trinajstić information content (AvgIpc) is 2.18. The SMILES string of the molecule is COc1ccc(Br)cc1CC(C)(C)C#N. The van der Waals surface area contributed by atoms with Gasteiger partial charge >= 0.3 is 0 Å². The van der Waals surface area contributed by atoms with E-state index in [0.717, 1.165) is 15.8 Å². The minimum Gasteiger partial charge on any atom is -0.496 e. The molecule has 1 aromatic rings. The molecule has 0 spiro atoms. The van der Waals surface area contributed by atoms with E-state index < -0.39 is 0 Å². The summed E-state index contributed by atoms with van der Waals surface area (Å²) in [6.07, 6.45) is 0.687. The first-order chi connectivity index (χ1) is 6.98. The molecule has 80 valence electrons. The highest BCUT2D eigenvalue weighted by atomic mass is 79.9. The van der Waals surface area contributed by atoms with Gasteiger partial charge in [0.25, 0.3) is 0 Å².